The van der Waals surface area contributed by atoms with Crippen molar-refractivity contribution in [2.24, 2.45) is 5.92 Å². The third-order valence-electron chi connectivity index (χ3n) is 3.82. The standard InChI is InChI=1S/C17H13N3O6/c21-16(18-23)15-10-19(17(22)26-15)13-8-7-12(14(9-13)20(24)25)4-2-1-3-11-5-6-11/h7-9,11,15,23H,5-6,10H2,(H,18,21)/t15-/m0/s1. The number of cyclic esters (lactones) is 1. The van der Waals surface area contributed by atoms with Gasteiger partial charge in [0.2, 0.25) is 6.10 Å². The lowest BCUT2D eigenvalue weighted by molar-refractivity contribution is -0.385. The van der Waals surface area contributed by atoms with E-state index in [1.807, 2.05) is 0 Å². The van der Waals surface area contributed by atoms with Crippen molar-refractivity contribution in [2.75, 3.05) is 11.4 Å². The molecule has 1 aliphatic carbocycles. The molecule has 132 valence electrons. The minimum atomic E-state index is -1.20. The topological polar surface area (TPSA) is 122 Å². The molecule has 2 amide bonds. The first-order valence-electron chi connectivity index (χ1n) is 7.71. The van der Waals surface area contributed by atoms with Gasteiger partial charge in [-0.3, -0.25) is 25.0 Å². The van der Waals surface area contributed by atoms with E-state index < -0.39 is 23.0 Å². The first-order chi connectivity index (χ1) is 12.5. The fourth-order valence-electron chi connectivity index (χ4n) is 2.29. The number of nitrogens with one attached hydrogen (secondary N) is 1. The van der Waals surface area contributed by atoms with Crippen LogP contribution in [-0.4, -0.2) is 34.8 Å². The van der Waals surface area contributed by atoms with E-state index in [9.17, 15) is 19.7 Å². The molecule has 1 saturated heterocycles. The lowest BCUT2D eigenvalue weighted by Crippen LogP contribution is -2.35. The number of hydrogen-bond acceptors (Lipinski definition) is 6. The Balaban J connectivity index is 1.84. The molecule has 26 heavy (non-hydrogen) atoms. The number of benzene rings is 1. The second-order valence-corrected chi connectivity index (χ2v) is 5.71. The minimum Gasteiger partial charge on any atom is -0.434 e. The molecule has 9 nitrogen and oxygen atoms in total. The number of nitro groups is 1. The van der Waals surface area contributed by atoms with Gasteiger partial charge in [0.1, 0.15) is 5.56 Å². The predicted molar refractivity (Wildman–Crippen MR) is 88.0 cm³/mol. The maximum absolute atomic E-state index is 11.9. The average molecular weight is 355 g/mol. The number of ether oxygens (including phenoxy) is 1. The van der Waals surface area contributed by atoms with Crippen LogP contribution >= 0.6 is 0 Å². The second kappa shape index (κ2) is 7.13. The summed E-state index contributed by atoms with van der Waals surface area (Å²) in [7, 11) is 0. The molecule has 1 heterocycles. The monoisotopic (exact) mass is 355 g/mol. The van der Waals surface area contributed by atoms with Crippen LogP contribution < -0.4 is 10.4 Å². The van der Waals surface area contributed by atoms with E-state index >= 15 is 0 Å². The summed E-state index contributed by atoms with van der Waals surface area (Å²) in [6.45, 7) is -0.180. The number of carbonyl (C=O) groups excluding carboxylic acids is 2. The van der Waals surface area contributed by atoms with Crippen LogP contribution in [0.5, 0.6) is 0 Å². The van der Waals surface area contributed by atoms with Gasteiger partial charge < -0.3 is 4.74 Å². The number of nitro benzene ring substituents is 1. The maximum atomic E-state index is 11.9. The Morgan fingerprint density at radius 3 is 2.81 bits per heavy atom. The molecule has 1 aliphatic heterocycles. The molecule has 2 fully saturated rings. The van der Waals surface area contributed by atoms with Gasteiger partial charge in [-0.05, 0) is 42.7 Å². The summed E-state index contributed by atoms with van der Waals surface area (Å²) in [5, 5.41) is 19.9. The van der Waals surface area contributed by atoms with Crippen molar-refractivity contribution >= 4 is 23.4 Å². The van der Waals surface area contributed by atoms with E-state index in [0.29, 0.717) is 5.92 Å². The highest BCUT2D eigenvalue weighted by Crippen LogP contribution is 2.29. The van der Waals surface area contributed by atoms with Crippen LogP contribution in [0.25, 0.3) is 0 Å². The average Bonchev–Trinajstić information content (AvgIpc) is 3.38. The van der Waals surface area contributed by atoms with Crippen molar-refractivity contribution in [3.8, 4) is 23.7 Å². The Morgan fingerprint density at radius 1 is 1.38 bits per heavy atom. The number of hydrogen-bond donors (Lipinski definition) is 2. The van der Waals surface area contributed by atoms with E-state index in [2.05, 4.69) is 23.7 Å². The van der Waals surface area contributed by atoms with Crippen molar-refractivity contribution in [3.05, 3.63) is 33.9 Å². The highest BCUT2D eigenvalue weighted by Gasteiger charge is 2.37. The van der Waals surface area contributed by atoms with Gasteiger partial charge in [-0.25, -0.2) is 10.3 Å². The van der Waals surface area contributed by atoms with Gasteiger partial charge in [0.25, 0.3) is 11.6 Å². The molecule has 0 radical (unpaired) electrons. The summed E-state index contributed by atoms with van der Waals surface area (Å²) >= 11 is 0. The van der Waals surface area contributed by atoms with Crippen molar-refractivity contribution in [3.63, 3.8) is 0 Å². The van der Waals surface area contributed by atoms with Crippen molar-refractivity contribution in [1.82, 2.24) is 5.48 Å². The number of carbonyl (C=O) groups is 2. The molecule has 0 aromatic heterocycles. The molecule has 9 heteroatoms. The van der Waals surface area contributed by atoms with Gasteiger partial charge in [0.15, 0.2) is 0 Å². The normalized spacial score (nSPS) is 18.1. The molecule has 3 rings (SSSR count). The van der Waals surface area contributed by atoms with Crippen LogP contribution in [0.3, 0.4) is 0 Å². The van der Waals surface area contributed by atoms with E-state index in [1.165, 1.54) is 23.7 Å². The molecular weight excluding hydrogens is 342 g/mol. The molecule has 1 aromatic rings. The second-order valence-electron chi connectivity index (χ2n) is 5.71. The SMILES string of the molecule is O=C(NO)[C@@H]1CN(c2ccc(C#CC#CC3CC3)c([N+](=O)[O-])c2)C(=O)O1. The van der Waals surface area contributed by atoms with Crippen LogP contribution in [0.4, 0.5) is 16.2 Å². The molecule has 1 aromatic carbocycles. The Kier molecular flexibility index (Phi) is 4.74. The zero-order valence-corrected chi connectivity index (χ0v) is 13.4. The fourth-order valence-corrected chi connectivity index (χ4v) is 2.29. The maximum Gasteiger partial charge on any atom is 0.415 e. The summed E-state index contributed by atoms with van der Waals surface area (Å²) < 4.78 is 4.82. The number of rotatable bonds is 3. The third-order valence-corrected chi connectivity index (χ3v) is 3.82. The van der Waals surface area contributed by atoms with Gasteiger partial charge in [-0.2, -0.15) is 0 Å². The van der Waals surface area contributed by atoms with Crippen LogP contribution in [0, 0.1) is 39.7 Å². The molecule has 0 unspecified atom stereocenters. The quantitative estimate of drug-likeness (QED) is 0.363. The van der Waals surface area contributed by atoms with Crippen LogP contribution in [0.2, 0.25) is 0 Å². The number of nitrogens with zero attached hydrogens (tertiary/aromatic N) is 2. The van der Waals surface area contributed by atoms with Gasteiger partial charge in [0, 0.05) is 12.0 Å². The van der Waals surface area contributed by atoms with Crippen LogP contribution in [0.1, 0.15) is 18.4 Å². The van der Waals surface area contributed by atoms with Crippen LogP contribution in [-0.2, 0) is 9.53 Å². The lowest BCUT2D eigenvalue weighted by atomic mass is 10.1. The zero-order valence-electron chi connectivity index (χ0n) is 13.4. The van der Waals surface area contributed by atoms with E-state index in [1.54, 1.807) is 0 Å². The fraction of sp³-hybridized carbons (Fsp3) is 0.294. The Morgan fingerprint density at radius 2 is 2.15 bits per heavy atom. The van der Waals surface area contributed by atoms with Gasteiger partial charge in [-0.15, -0.1) is 0 Å². The smallest absolute Gasteiger partial charge is 0.415 e. The lowest BCUT2D eigenvalue weighted by Gasteiger charge is -2.12. The molecule has 1 saturated carbocycles. The molecule has 0 spiro atoms. The first kappa shape index (κ1) is 17.3. The molecule has 1 atom stereocenters. The third kappa shape index (κ3) is 3.74. The minimum absolute atomic E-state index is 0.168. The highest BCUT2D eigenvalue weighted by atomic mass is 16.6. The Labute approximate surface area is 148 Å². The zero-order chi connectivity index (χ0) is 18.7. The summed E-state index contributed by atoms with van der Waals surface area (Å²) in [4.78, 5) is 35.0. The molecule has 2 N–H and O–H groups in total. The van der Waals surface area contributed by atoms with E-state index in [4.69, 9.17) is 9.94 Å². The molecular formula is C17H13N3O6. The van der Waals surface area contributed by atoms with E-state index in [-0.39, 0.29) is 23.5 Å². The van der Waals surface area contributed by atoms with Gasteiger partial charge in [0.05, 0.1) is 17.2 Å². The summed E-state index contributed by atoms with van der Waals surface area (Å²) in [5.41, 5.74) is 1.46. The number of anilines is 1. The van der Waals surface area contributed by atoms with Crippen molar-refractivity contribution in [2.45, 2.75) is 18.9 Å². The first-order valence-corrected chi connectivity index (χ1v) is 7.71. The van der Waals surface area contributed by atoms with Crippen molar-refractivity contribution in [1.29, 1.82) is 0 Å². The van der Waals surface area contributed by atoms with Crippen LogP contribution in [0.15, 0.2) is 18.2 Å². The predicted octanol–water partition coefficient (Wildman–Crippen LogP) is 1.19. The number of hydroxylamine groups is 1. The van der Waals surface area contributed by atoms with E-state index in [0.717, 1.165) is 17.7 Å². The van der Waals surface area contributed by atoms with Gasteiger partial charge in [-0.1, -0.05) is 5.92 Å². The van der Waals surface area contributed by atoms with Crippen molar-refractivity contribution < 1.29 is 24.5 Å². The highest BCUT2D eigenvalue weighted by molar-refractivity contribution is 5.95. The summed E-state index contributed by atoms with van der Waals surface area (Å²) in [6, 6.07) is 4.05. The Hall–Kier alpha value is -3.56. The Bertz CT molecular complexity index is 901. The largest absolute Gasteiger partial charge is 0.434 e. The number of amides is 2. The summed E-state index contributed by atoms with van der Waals surface area (Å²) in [5.74, 6) is 10.4. The summed E-state index contributed by atoms with van der Waals surface area (Å²) in [6.07, 6.45) is 0.0703. The molecule has 2 aliphatic rings. The molecule has 0 bridgehead atoms. The van der Waals surface area contributed by atoms with Gasteiger partial charge >= 0.3 is 6.09 Å².